The molecule has 102 valence electrons. The molecule has 0 aliphatic heterocycles. The van der Waals surface area contributed by atoms with Gasteiger partial charge in [0.15, 0.2) is 0 Å². The summed E-state index contributed by atoms with van der Waals surface area (Å²) in [4.78, 5) is 13.5. The van der Waals surface area contributed by atoms with E-state index in [1.807, 2.05) is 19.1 Å². The molecular weight excluding hydrogens is 256 g/mol. The number of carbonyl (C=O) groups is 1. The number of hydrogen-bond donors (Lipinski definition) is 2. The van der Waals surface area contributed by atoms with Crippen LogP contribution in [0.4, 0.5) is 5.95 Å². The van der Waals surface area contributed by atoms with Crippen molar-refractivity contribution >= 4 is 11.9 Å². The van der Waals surface area contributed by atoms with Gasteiger partial charge in [-0.25, -0.2) is 0 Å². The van der Waals surface area contributed by atoms with Gasteiger partial charge in [0.25, 0.3) is 11.9 Å². The minimum absolute atomic E-state index is 0.149. The lowest BCUT2D eigenvalue weighted by molar-refractivity contribution is 0.102. The van der Waals surface area contributed by atoms with Crippen molar-refractivity contribution in [2.24, 2.45) is 12.8 Å². The van der Waals surface area contributed by atoms with Gasteiger partial charge in [-0.15, -0.1) is 5.10 Å². The Morgan fingerprint density at radius 3 is 2.95 bits per heavy atom. The topological polar surface area (TPSA) is 98.7 Å². The van der Waals surface area contributed by atoms with Crippen molar-refractivity contribution < 1.29 is 4.79 Å². The molecule has 1 aromatic heterocycles. The number of aryl methyl sites for hydroxylation is 2. The molecule has 1 amide bonds. The number of rotatable bonds is 2. The number of nitrogens with two attached hydrogens (primary N) is 1. The molecule has 0 bridgehead atoms. The van der Waals surface area contributed by atoms with Crippen LogP contribution in [-0.4, -0.2) is 32.7 Å². The van der Waals surface area contributed by atoms with E-state index in [1.54, 1.807) is 13.1 Å². The van der Waals surface area contributed by atoms with E-state index in [9.17, 15) is 4.79 Å². The number of benzene rings is 1. The SMILES string of the molecule is Cc1ccc(C(=O)Nc2nnn(C)n2)c(C#CCN)c1. The third kappa shape index (κ3) is 3.18. The minimum Gasteiger partial charge on any atom is -0.320 e. The molecule has 7 heteroatoms. The number of tetrazole rings is 1. The van der Waals surface area contributed by atoms with E-state index in [2.05, 4.69) is 32.6 Å². The normalized spacial score (nSPS) is 9.75. The van der Waals surface area contributed by atoms with Gasteiger partial charge in [-0.05, 0) is 29.8 Å². The number of carbonyl (C=O) groups excluding carboxylic acids is 1. The number of hydrogen-bond acceptors (Lipinski definition) is 5. The molecule has 2 aromatic rings. The van der Waals surface area contributed by atoms with Crippen molar-refractivity contribution in [3.8, 4) is 11.8 Å². The van der Waals surface area contributed by atoms with Crippen LogP contribution in [0.3, 0.4) is 0 Å². The predicted molar refractivity (Wildman–Crippen MR) is 73.9 cm³/mol. The third-order valence-electron chi connectivity index (χ3n) is 2.48. The molecule has 20 heavy (non-hydrogen) atoms. The Morgan fingerprint density at radius 1 is 1.50 bits per heavy atom. The summed E-state index contributed by atoms with van der Waals surface area (Å²) in [7, 11) is 1.62. The second-order valence-electron chi connectivity index (χ2n) is 4.11. The average molecular weight is 270 g/mol. The summed E-state index contributed by atoms with van der Waals surface area (Å²) >= 11 is 0. The molecule has 0 aliphatic carbocycles. The molecule has 0 aliphatic rings. The highest BCUT2D eigenvalue weighted by atomic mass is 16.1. The molecule has 3 N–H and O–H groups in total. The van der Waals surface area contributed by atoms with Crippen LogP contribution in [0.2, 0.25) is 0 Å². The first-order valence-corrected chi connectivity index (χ1v) is 5.95. The maximum atomic E-state index is 12.2. The number of nitrogens with zero attached hydrogens (tertiary/aromatic N) is 4. The smallest absolute Gasteiger partial charge is 0.270 e. The maximum absolute atomic E-state index is 12.2. The average Bonchev–Trinajstić information content (AvgIpc) is 2.81. The highest BCUT2D eigenvalue weighted by molar-refractivity contribution is 6.05. The van der Waals surface area contributed by atoms with Crippen LogP contribution >= 0.6 is 0 Å². The largest absolute Gasteiger partial charge is 0.320 e. The molecule has 0 atom stereocenters. The van der Waals surface area contributed by atoms with Crippen LogP contribution in [0.1, 0.15) is 21.5 Å². The number of anilines is 1. The summed E-state index contributed by atoms with van der Waals surface area (Å²) in [5.74, 6) is 5.45. The molecule has 1 aromatic carbocycles. The lowest BCUT2D eigenvalue weighted by Gasteiger charge is -2.05. The Morgan fingerprint density at radius 2 is 2.30 bits per heavy atom. The second kappa shape index (κ2) is 5.95. The van der Waals surface area contributed by atoms with Gasteiger partial charge in [0.1, 0.15) is 0 Å². The Hall–Kier alpha value is -2.72. The van der Waals surface area contributed by atoms with Crippen molar-refractivity contribution in [3.05, 3.63) is 34.9 Å². The highest BCUT2D eigenvalue weighted by Crippen LogP contribution is 2.12. The first-order valence-electron chi connectivity index (χ1n) is 5.95. The molecule has 2 rings (SSSR count). The molecular formula is C13H14N6O. The standard InChI is InChI=1S/C13H14N6O/c1-9-5-6-11(10(8-9)4-3-7-14)12(20)15-13-16-18-19(2)17-13/h5-6,8H,7,14H2,1-2H3,(H,15,17,20). The zero-order chi connectivity index (χ0) is 14.5. The van der Waals surface area contributed by atoms with Crippen molar-refractivity contribution in [1.82, 2.24) is 20.2 Å². The highest BCUT2D eigenvalue weighted by Gasteiger charge is 2.13. The summed E-state index contributed by atoms with van der Waals surface area (Å²) in [6, 6.07) is 5.38. The molecule has 0 spiro atoms. The molecule has 0 saturated heterocycles. The van der Waals surface area contributed by atoms with Gasteiger partial charge in [0.05, 0.1) is 19.2 Å². The Bertz CT molecular complexity index is 694. The van der Waals surface area contributed by atoms with E-state index in [1.165, 1.54) is 4.80 Å². The summed E-state index contributed by atoms with van der Waals surface area (Å²) in [5, 5.41) is 13.8. The van der Waals surface area contributed by atoms with Gasteiger partial charge in [-0.3, -0.25) is 10.1 Å². The first kappa shape index (κ1) is 13.7. The molecule has 0 saturated carbocycles. The van der Waals surface area contributed by atoms with Gasteiger partial charge in [-0.2, -0.15) is 4.80 Å². The molecule has 1 heterocycles. The number of aromatic nitrogens is 4. The van der Waals surface area contributed by atoms with E-state index < -0.39 is 0 Å². The summed E-state index contributed by atoms with van der Waals surface area (Å²) in [6.07, 6.45) is 0. The van der Waals surface area contributed by atoms with E-state index in [4.69, 9.17) is 5.73 Å². The van der Waals surface area contributed by atoms with Crippen molar-refractivity contribution in [3.63, 3.8) is 0 Å². The van der Waals surface area contributed by atoms with Crippen molar-refractivity contribution in [2.75, 3.05) is 11.9 Å². The lowest BCUT2D eigenvalue weighted by Crippen LogP contribution is -2.15. The third-order valence-corrected chi connectivity index (χ3v) is 2.48. The number of amides is 1. The van der Waals surface area contributed by atoms with Gasteiger partial charge in [0.2, 0.25) is 0 Å². The fourth-order valence-electron chi connectivity index (χ4n) is 1.61. The van der Waals surface area contributed by atoms with E-state index in [0.29, 0.717) is 11.1 Å². The van der Waals surface area contributed by atoms with Crippen LogP contribution in [0.5, 0.6) is 0 Å². The first-order chi connectivity index (χ1) is 9.60. The van der Waals surface area contributed by atoms with Crippen molar-refractivity contribution in [1.29, 1.82) is 0 Å². The van der Waals surface area contributed by atoms with Gasteiger partial charge in [-0.1, -0.05) is 23.0 Å². The van der Waals surface area contributed by atoms with Gasteiger partial charge in [0, 0.05) is 5.56 Å². The van der Waals surface area contributed by atoms with Crippen LogP contribution in [0.15, 0.2) is 18.2 Å². The fraction of sp³-hybridized carbons (Fsp3) is 0.231. The van der Waals surface area contributed by atoms with Gasteiger partial charge < -0.3 is 5.73 Å². The minimum atomic E-state index is -0.334. The van der Waals surface area contributed by atoms with Crippen molar-refractivity contribution in [2.45, 2.75) is 6.92 Å². The molecule has 0 radical (unpaired) electrons. The van der Waals surface area contributed by atoms with Crippen LogP contribution in [-0.2, 0) is 7.05 Å². The zero-order valence-electron chi connectivity index (χ0n) is 11.2. The Labute approximate surface area is 116 Å². The molecule has 7 nitrogen and oxygen atoms in total. The van der Waals surface area contributed by atoms with E-state index in [-0.39, 0.29) is 18.4 Å². The Kier molecular flexibility index (Phi) is 4.08. The summed E-state index contributed by atoms with van der Waals surface area (Å²) in [6.45, 7) is 2.17. The van der Waals surface area contributed by atoms with Crippen LogP contribution in [0, 0.1) is 18.8 Å². The van der Waals surface area contributed by atoms with E-state index in [0.717, 1.165) is 5.56 Å². The molecule has 0 unspecified atom stereocenters. The van der Waals surface area contributed by atoms with E-state index >= 15 is 0 Å². The van der Waals surface area contributed by atoms with Gasteiger partial charge >= 0.3 is 0 Å². The monoisotopic (exact) mass is 270 g/mol. The van der Waals surface area contributed by atoms with Crippen LogP contribution < -0.4 is 11.1 Å². The number of nitrogens with one attached hydrogen (secondary N) is 1. The maximum Gasteiger partial charge on any atom is 0.270 e. The predicted octanol–water partition coefficient (Wildman–Crippen LogP) is 0.0810. The molecule has 0 fully saturated rings. The summed E-state index contributed by atoms with van der Waals surface area (Å²) in [5.41, 5.74) is 7.45. The second-order valence-corrected chi connectivity index (χ2v) is 4.11. The lowest BCUT2D eigenvalue weighted by atomic mass is 10.0. The fourth-order valence-corrected chi connectivity index (χ4v) is 1.61. The van der Waals surface area contributed by atoms with Crippen LogP contribution in [0.25, 0.3) is 0 Å². The Balaban J connectivity index is 2.29. The quantitative estimate of drug-likeness (QED) is 0.753. The summed E-state index contributed by atoms with van der Waals surface area (Å²) < 4.78 is 0. The zero-order valence-corrected chi connectivity index (χ0v) is 11.2.